The van der Waals surface area contributed by atoms with Crippen LogP contribution in [0.3, 0.4) is 0 Å². The van der Waals surface area contributed by atoms with Crippen LogP contribution >= 0.6 is 0 Å². The summed E-state index contributed by atoms with van der Waals surface area (Å²) in [6, 6.07) is 13.6. The maximum absolute atomic E-state index is 12.4. The predicted molar refractivity (Wildman–Crippen MR) is 97.6 cm³/mol. The third-order valence-electron chi connectivity index (χ3n) is 5.16. The second-order valence-electron chi connectivity index (χ2n) is 7.12. The Balaban J connectivity index is 1.64. The van der Waals surface area contributed by atoms with E-state index in [9.17, 15) is 13.2 Å². The van der Waals surface area contributed by atoms with Gasteiger partial charge in [-0.2, -0.15) is 0 Å². The molecular weight excluding hydrogens is 337 g/mol. The summed E-state index contributed by atoms with van der Waals surface area (Å²) in [6.45, 7) is 2.21. The molecule has 1 atom stereocenters. The molecule has 0 radical (unpaired) electrons. The number of aryl methyl sites for hydroxylation is 2. The van der Waals surface area contributed by atoms with Crippen LogP contribution in [0.2, 0.25) is 0 Å². The number of hydrogen-bond donors (Lipinski definition) is 0. The van der Waals surface area contributed by atoms with E-state index in [0.29, 0.717) is 5.92 Å². The van der Waals surface area contributed by atoms with Crippen LogP contribution in [0.1, 0.15) is 60.8 Å². The molecule has 3 rings (SSSR count). The lowest BCUT2D eigenvalue weighted by atomic mass is 9.80. The zero-order valence-corrected chi connectivity index (χ0v) is 15.1. The molecule has 4 heteroatoms. The molecule has 0 saturated carbocycles. The molecule has 0 saturated heterocycles. The molecule has 0 N–H and O–H groups in total. The van der Waals surface area contributed by atoms with Crippen molar-refractivity contribution >= 4 is 0 Å². The van der Waals surface area contributed by atoms with Crippen LogP contribution in [0.15, 0.2) is 42.5 Å². The lowest BCUT2D eigenvalue weighted by molar-refractivity contribution is -0.274. The largest absolute Gasteiger partial charge is 0.573 e. The second kappa shape index (κ2) is 8.15. The Labute approximate surface area is 153 Å². The Kier molecular flexibility index (Phi) is 5.90. The van der Waals surface area contributed by atoms with E-state index in [1.807, 2.05) is 0 Å². The van der Waals surface area contributed by atoms with E-state index in [4.69, 9.17) is 0 Å². The number of unbranched alkanes of at least 4 members (excludes halogenated alkanes) is 2. The fourth-order valence-corrected chi connectivity index (χ4v) is 3.75. The van der Waals surface area contributed by atoms with Crippen molar-refractivity contribution in [1.82, 2.24) is 0 Å². The topological polar surface area (TPSA) is 9.23 Å². The van der Waals surface area contributed by atoms with Crippen LogP contribution in [0.5, 0.6) is 5.75 Å². The molecule has 0 bridgehead atoms. The van der Waals surface area contributed by atoms with Crippen LogP contribution in [-0.2, 0) is 19.3 Å². The standard InChI is InChI=1S/C22H25F3O/c1-2-3-4-5-16-6-8-17(9-7-16)18-10-11-20-15-21(26-22(23,24)25)13-12-19(20)14-18/h6-9,12-13,15,18H,2-5,10-11,14H2,1H3. The van der Waals surface area contributed by atoms with Gasteiger partial charge in [-0.3, -0.25) is 0 Å². The molecule has 0 fully saturated rings. The number of rotatable bonds is 6. The molecule has 140 valence electrons. The van der Waals surface area contributed by atoms with Crippen LogP contribution in [0.25, 0.3) is 0 Å². The van der Waals surface area contributed by atoms with Crippen LogP contribution < -0.4 is 4.74 Å². The predicted octanol–water partition coefficient (Wildman–Crippen LogP) is 6.59. The van der Waals surface area contributed by atoms with Gasteiger partial charge in [0.05, 0.1) is 0 Å². The Hall–Kier alpha value is -1.97. The molecule has 0 aliphatic heterocycles. The smallest absolute Gasteiger partial charge is 0.406 e. The van der Waals surface area contributed by atoms with Crippen LogP contribution in [0.4, 0.5) is 13.2 Å². The van der Waals surface area contributed by atoms with Gasteiger partial charge >= 0.3 is 6.36 Å². The van der Waals surface area contributed by atoms with Gasteiger partial charge in [-0.15, -0.1) is 13.2 Å². The Bertz CT molecular complexity index is 719. The summed E-state index contributed by atoms with van der Waals surface area (Å²) in [5.41, 5.74) is 4.81. The van der Waals surface area contributed by atoms with Gasteiger partial charge in [0, 0.05) is 0 Å². The van der Waals surface area contributed by atoms with Gasteiger partial charge in [-0.05, 0) is 72.4 Å². The molecule has 1 aliphatic rings. The highest BCUT2D eigenvalue weighted by Gasteiger charge is 2.31. The molecule has 1 unspecified atom stereocenters. The number of ether oxygens (including phenoxy) is 1. The molecule has 2 aromatic rings. The fraction of sp³-hybridized carbons (Fsp3) is 0.455. The molecule has 26 heavy (non-hydrogen) atoms. The summed E-state index contributed by atoms with van der Waals surface area (Å²) in [4.78, 5) is 0. The van der Waals surface area contributed by atoms with Gasteiger partial charge in [0.2, 0.25) is 0 Å². The van der Waals surface area contributed by atoms with Crippen molar-refractivity contribution in [3.63, 3.8) is 0 Å². The highest BCUT2D eigenvalue weighted by Crippen LogP contribution is 2.35. The first-order valence-corrected chi connectivity index (χ1v) is 9.41. The highest BCUT2D eigenvalue weighted by atomic mass is 19.4. The Morgan fingerprint density at radius 3 is 2.46 bits per heavy atom. The van der Waals surface area contributed by atoms with Crippen molar-refractivity contribution in [2.45, 2.75) is 64.1 Å². The van der Waals surface area contributed by atoms with Gasteiger partial charge in [0.15, 0.2) is 0 Å². The summed E-state index contributed by atoms with van der Waals surface area (Å²) < 4.78 is 41.1. The first-order valence-electron chi connectivity index (χ1n) is 9.41. The van der Waals surface area contributed by atoms with Gasteiger partial charge in [-0.1, -0.05) is 50.1 Å². The maximum atomic E-state index is 12.4. The van der Waals surface area contributed by atoms with Crippen molar-refractivity contribution < 1.29 is 17.9 Å². The number of alkyl halides is 3. The lowest BCUT2D eigenvalue weighted by Gasteiger charge is -2.25. The second-order valence-corrected chi connectivity index (χ2v) is 7.12. The van der Waals surface area contributed by atoms with Crippen molar-refractivity contribution in [3.05, 3.63) is 64.7 Å². The zero-order valence-electron chi connectivity index (χ0n) is 15.1. The fourth-order valence-electron chi connectivity index (χ4n) is 3.75. The maximum Gasteiger partial charge on any atom is 0.573 e. The summed E-state index contributed by atoms with van der Waals surface area (Å²) >= 11 is 0. The van der Waals surface area contributed by atoms with Gasteiger partial charge in [-0.25, -0.2) is 0 Å². The Morgan fingerprint density at radius 2 is 1.77 bits per heavy atom. The number of fused-ring (bicyclic) bond motifs is 1. The lowest BCUT2D eigenvalue weighted by Crippen LogP contribution is -2.18. The minimum atomic E-state index is -4.63. The quantitative estimate of drug-likeness (QED) is 0.527. The van der Waals surface area contributed by atoms with E-state index in [1.165, 1.54) is 42.5 Å². The summed E-state index contributed by atoms with van der Waals surface area (Å²) in [5, 5.41) is 0. The number of benzene rings is 2. The molecule has 2 aromatic carbocycles. The third kappa shape index (κ3) is 5.03. The average molecular weight is 362 g/mol. The molecule has 1 aliphatic carbocycles. The summed E-state index contributed by atoms with van der Waals surface area (Å²) in [6.07, 6.45) is 2.83. The molecule has 0 spiro atoms. The molecule has 1 nitrogen and oxygen atoms in total. The minimum Gasteiger partial charge on any atom is -0.406 e. The first kappa shape index (κ1) is 18.8. The molecular formula is C22H25F3O. The van der Waals surface area contributed by atoms with Crippen LogP contribution in [0, 0.1) is 0 Å². The zero-order chi connectivity index (χ0) is 18.6. The van der Waals surface area contributed by atoms with E-state index in [2.05, 4.69) is 35.9 Å². The van der Waals surface area contributed by atoms with Crippen molar-refractivity contribution in [1.29, 1.82) is 0 Å². The average Bonchev–Trinajstić information content (AvgIpc) is 2.61. The van der Waals surface area contributed by atoms with Crippen molar-refractivity contribution in [2.75, 3.05) is 0 Å². The minimum absolute atomic E-state index is 0.119. The molecule has 0 heterocycles. The van der Waals surface area contributed by atoms with Crippen LogP contribution in [-0.4, -0.2) is 6.36 Å². The van der Waals surface area contributed by atoms with E-state index in [-0.39, 0.29) is 5.75 Å². The van der Waals surface area contributed by atoms with Gasteiger partial charge in [0.1, 0.15) is 5.75 Å². The van der Waals surface area contributed by atoms with Gasteiger partial charge in [0.25, 0.3) is 0 Å². The van der Waals surface area contributed by atoms with Gasteiger partial charge < -0.3 is 4.74 Å². The van der Waals surface area contributed by atoms with E-state index in [1.54, 1.807) is 6.07 Å². The SMILES string of the molecule is CCCCCc1ccc(C2CCc3cc(OC(F)(F)F)ccc3C2)cc1. The molecule has 0 amide bonds. The monoisotopic (exact) mass is 362 g/mol. The normalized spacial score (nSPS) is 17.0. The molecule has 0 aromatic heterocycles. The Morgan fingerprint density at radius 1 is 1.00 bits per heavy atom. The van der Waals surface area contributed by atoms with Crippen molar-refractivity contribution in [3.8, 4) is 5.75 Å². The summed E-state index contributed by atoms with van der Waals surface area (Å²) in [7, 11) is 0. The van der Waals surface area contributed by atoms with E-state index < -0.39 is 6.36 Å². The number of halogens is 3. The third-order valence-corrected chi connectivity index (χ3v) is 5.16. The highest BCUT2D eigenvalue weighted by molar-refractivity contribution is 5.40. The number of hydrogen-bond acceptors (Lipinski definition) is 1. The first-order chi connectivity index (χ1) is 12.4. The van der Waals surface area contributed by atoms with E-state index >= 15 is 0 Å². The summed E-state index contributed by atoms with van der Waals surface area (Å²) in [5.74, 6) is 0.313. The van der Waals surface area contributed by atoms with Crippen molar-refractivity contribution in [2.24, 2.45) is 0 Å². The van der Waals surface area contributed by atoms with E-state index in [0.717, 1.165) is 36.8 Å².